The normalized spacial score (nSPS) is 28.5. The van der Waals surface area contributed by atoms with E-state index in [9.17, 15) is 0 Å². The second kappa shape index (κ2) is 4.27. The first-order chi connectivity index (χ1) is 5.63. The van der Waals surface area contributed by atoms with Crippen LogP contribution in [0.3, 0.4) is 0 Å². The molecule has 1 saturated carbocycles. The Kier molecular flexibility index (Phi) is 3.57. The molecule has 0 unspecified atom stereocenters. The average Bonchev–Trinajstić information content (AvgIpc) is 2.65. The predicted octanol–water partition coefficient (Wildman–Crippen LogP) is 2.62. The average molecular weight is 169 g/mol. The fourth-order valence-corrected chi connectivity index (χ4v) is 2.13. The van der Waals surface area contributed by atoms with Gasteiger partial charge in [0.15, 0.2) is 0 Å². The maximum Gasteiger partial charge on any atom is 0.000947 e. The zero-order valence-corrected chi connectivity index (χ0v) is 9.01. The lowest BCUT2D eigenvalue weighted by Gasteiger charge is -2.18. The van der Waals surface area contributed by atoms with E-state index in [0.29, 0.717) is 0 Å². The lowest BCUT2D eigenvalue weighted by molar-refractivity contribution is 0.279. The highest BCUT2D eigenvalue weighted by molar-refractivity contribution is 4.86. The first kappa shape index (κ1) is 10.0. The maximum atomic E-state index is 2.49. The molecule has 0 amide bonds. The van der Waals surface area contributed by atoms with E-state index in [1.54, 1.807) is 0 Å². The van der Waals surface area contributed by atoms with Gasteiger partial charge in [0.1, 0.15) is 0 Å². The highest BCUT2D eigenvalue weighted by Crippen LogP contribution is 2.41. The van der Waals surface area contributed by atoms with Crippen LogP contribution in [0.25, 0.3) is 0 Å². The SMILES string of the molecule is CC[C@H]1C[C@H]1CN(C)CC(C)C. The van der Waals surface area contributed by atoms with Crippen molar-refractivity contribution in [2.24, 2.45) is 17.8 Å². The summed E-state index contributed by atoms with van der Waals surface area (Å²) in [6.45, 7) is 9.48. The van der Waals surface area contributed by atoms with Crippen molar-refractivity contribution in [1.82, 2.24) is 4.90 Å². The Balaban J connectivity index is 2.07. The molecule has 1 fully saturated rings. The molecule has 0 saturated heterocycles. The summed E-state index contributed by atoms with van der Waals surface area (Å²) in [6.07, 6.45) is 2.87. The minimum Gasteiger partial charge on any atom is -0.306 e. The Morgan fingerprint density at radius 1 is 1.33 bits per heavy atom. The summed E-state index contributed by atoms with van der Waals surface area (Å²) in [5, 5.41) is 0. The molecular weight excluding hydrogens is 146 g/mol. The van der Waals surface area contributed by atoms with Crippen molar-refractivity contribution in [3.8, 4) is 0 Å². The van der Waals surface area contributed by atoms with Crippen molar-refractivity contribution in [1.29, 1.82) is 0 Å². The molecular formula is C11H23N. The molecule has 0 aromatic heterocycles. The van der Waals surface area contributed by atoms with Gasteiger partial charge < -0.3 is 4.90 Å². The van der Waals surface area contributed by atoms with Crippen molar-refractivity contribution < 1.29 is 0 Å². The van der Waals surface area contributed by atoms with Crippen LogP contribution in [-0.4, -0.2) is 25.0 Å². The van der Waals surface area contributed by atoms with Gasteiger partial charge in [0.2, 0.25) is 0 Å². The van der Waals surface area contributed by atoms with Crippen LogP contribution >= 0.6 is 0 Å². The van der Waals surface area contributed by atoms with E-state index >= 15 is 0 Å². The van der Waals surface area contributed by atoms with Crippen molar-refractivity contribution in [3.63, 3.8) is 0 Å². The van der Waals surface area contributed by atoms with Gasteiger partial charge in [0.25, 0.3) is 0 Å². The standard InChI is InChI=1S/C11H23N/c1-5-10-6-11(10)8-12(4)7-9(2)3/h9-11H,5-8H2,1-4H3/t10-,11-/m0/s1. The molecule has 0 N–H and O–H groups in total. The van der Waals surface area contributed by atoms with Crippen LogP contribution in [0.1, 0.15) is 33.6 Å². The molecule has 0 spiro atoms. The van der Waals surface area contributed by atoms with Crippen molar-refractivity contribution >= 4 is 0 Å². The third-order valence-corrected chi connectivity index (χ3v) is 2.82. The molecule has 2 atom stereocenters. The van der Waals surface area contributed by atoms with Crippen LogP contribution in [0, 0.1) is 17.8 Å². The highest BCUT2D eigenvalue weighted by Gasteiger charge is 2.35. The van der Waals surface area contributed by atoms with Crippen LogP contribution in [0.15, 0.2) is 0 Å². The summed E-state index contributed by atoms with van der Waals surface area (Å²) >= 11 is 0. The van der Waals surface area contributed by atoms with Crippen molar-refractivity contribution in [2.75, 3.05) is 20.1 Å². The lowest BCUT2D eigenvalue weighted by Crippen LogP contribution is -2.25. The molecule has 0 radical (unpaired) electrons. The van der Waals surface area contributed by atoms with Crippen LogP contribution in [0.5, 0.6) is 0 Å². The third-order valence-electron chi connectivity index (χ3n) is 2.82. The first-order valence-corrected chi connectivity index (χ1v) is 5.32. The maximum absolute atomic E-state index is 2.49. The topological polar surface area (TPSA) is 3.24 Å². The zero-order chi connectivity index (χ0) is 9.14. The number of hydrogen-bond acceptors (Lipinski definition) is 1. The van der Waals surface area contributed by atoms with Crippen LogP contribution in [-0.2, 0) is 0 Å². The minimum absolute atomic E-state index is 0.814. The van der Waals surface area contributed by atoms with E-state index in [1.165, 1.54) is 25.9 Å². The summed E-state index contributed by atoms with van der Waals surface area (Å²) < 4.78 is 0. The van der Waals surface area contributed by atoms with Gasteiger partial charge in [-0.25, -0.2) is 0 Å². The van der Waals surface area contributed by atoms with Gasteiger partial charge >= 0.3 is 0 Å². The Hall–Kier alpha value is -0.0400. The Bertz CT molecular complexity index is 131. The number of hydrogen-bond donors (Lipinski definition) is 0. The van der Waals surface area contributed by atoms with E-state index in [-0.39, 0.29) is 0 Å². The summed E-state index contributed by atoms with van der Waals surface area (Å²) in [5.41, 5.74) is 0. The quantitative estimate of drug-likeness (QED) is 0.611. The number of nitrogens with zero attached hydrogens (tertiary/aromatic N) is 1. The second-order valence-corrected chi connectivity index (χ2v) is 4.78. The Labute approximate surface area is 77.1 Å². The van der Waals surface area contributed by atoms with Crippen molar-refractivity contribution in [2.45, 2.75) is 33.6 Å². The predicted molar refractivity (Wildman–Crippen MR) is 54.2 cm³/mol. The fraction of sp³-hybridized carbons (Fsp3) is 1.00. The molecule has 0 aromatic carbocycles. The third kappa shape index (κ3) is 3.14. The molecule has 0 aromatic rings. The molecule has 0 heterocycles. The van der Waals surface area contributed by atoms with Gasteiger partial charge in [-0.3, -0.25) is 0 Å². The fourth-order valence-electron chi connectivity index (χ4n) is 2.13. The van der Waals surface area contributed by atoms with E-state index in [4.69, 9.17) is 0 Å². The molecule has 1 rings (SSSR count). The van der Waals surface area contributed by atoms with Gasteiger partial charge in [-0.05, 0) is 31.2 Å². The van der Waals surface area contributed by atoms with Gasteiger partial charge in [0, 0.05) is 13.1 Å². The zero-order valence-electron chi connectivity index (χ0n) is 9.01. The molecule has 1 aliphatic carbocycles. The number of rotatable bonds is 5. The lowest BCUT2D eigenvalue weighted by atomic mass is 10.2. The Morgan fingerprint density at radius 3 is 2.42 bits per heavy atom. The molecule has 1 aliphatic rings. The largest absolute Gasteiger partial charge is 0.306 e. The van der Waals surface area contributed by atoms with Crippen LogP contribution < -0.4 is 0 Å². The van der Waals surface area contributed by atoms with Crippen LogP contribution in [0.4, 0.5) is 0 Å². The summed E-state index contributed by atoms with van der Waals surface area (Å²) in [4.78, 5) is 2.49. The molecule has 12 heavy (non-hydrogen) atoms. The van der Waals surface area contributed by atoms with E-state index < -0.39 is 0 Å². The molecule has 0 aliphatic heterocycles. The van der Waals surface area contributed by atoms with E-state index in [2.05, 4.69) is 32.7 Å². The highest BCUT2D eigenvalue weighted by atomic mass is 15.1. The van der Waals surface area contributed by atoms with E-state index in [1.807, 2.05) is 0 Å². The summed E-state index contributed by atoms with van der Waals surface area (Å²) in [5.74, 6) is 2.90. The van der Waals surface area contributed by atoms with E-state index in [0.717, 1.165) is 17.8 Å². The monoisotopic (exact) mass is 169 g/mol. The van der Waals surface area contributed by atoms with Crippen LogP contribution in [0.2, 0.25) is 0 Å². The Morgan fingerprint density at radius 2 is 2.00 bits per heavy atom. The summed E-state index contributed by atoms with van der Waals surface area (Å²) in [6, 6.07) is 0. The van der Waals surface area contributed by atoms with Gasteiger partial charge in [-0.15, -0.1) is 0 Å². The smallest absolute Gasteiger partial charge is 0.000947 e. The first-order valence-electron chi connectivity index (χ1n) is 5.32. The minimum atomic E-state index is 0.814. The summed E-state index contributed by atoms with van der Waals surface area (Å²) in [7, 11) is 2.26. The molecule has 72 valence electrons. The molecule has 1 nitrogen and oxygen atoms in total. The van der Waals surface area contributed by atoms with Gasteiger partial charge in [-0.2, -0.15) is 0 Å². The second-order valence-electron chi connectivity index (χ2n) is 4.78. The van der Waals surface area contributed by atoms with Gasteiger partial charge in [-0.1, -0.05) is 27.2 Å². The van der Waals surface area contributed by atoms with Crippen molar-refractivity contribution in [3.05, 3.63) is 0 Å². The molecule has 0 bridgehead atoms. The van der Waals surface area contributed by atoms with Gasteiger partial charge in [0.05, 0.1) is 0 Å². The molecule has 1 heteroatoms.